The molecule has 1 heterocycles. The number of sulfonamides is 1. The summed E-state index contributed by atoms with van der Waals surface area (Å²) in [6.45, 7) is 1.93. The van der Waals surface area contributed by atoms with Crippen molar-refractivity contribution in [3.05, 3.63) is 94.6 Å². The van der Waals surface area contributed by atoms with Crippen LogP contribution in [0.1, 0.15) is 23.2 Å². The molecule has 0 unspecified atom stereocenters. The number of fused-ring (bicyclic) bond motifs is 1. The number of hydrogen-bond donors (Lipinski definition) is 2. The lowest BCUT2D eigenvalue weighted by molar-refractivity contribution is 0.601. The topological polar surface area (TPSA) is 83.5 Å². The van der Waals surface area contributed by atoms with Gasteiger partial charge in [0.15, 0.2) is 0 Å². The highest BCUT2D eigenvalue weighted by atomic mass is 35.5. The van der Waals surface area contributed by atoms with Gasteiger partial charge in [-0.25, -0.2) is 13.4 Å². The van der Waals surface area contributed by atoms with Crippen LogP contribution in [0.15, 0.2) is 82.8 Å². The minimum atomic E-state index is -3.71. The number of aromatic nitrogens is 1. The smallest absolute Gasteiger partial charge is 0.261 e. The lowest BCUT2D eigenvalue weighted by Crippen LogP contribution is -2.12. The Morgan fingerprint density at radius 2 is 1.71 bits per heavy atom. The summed E-state index contributed by atoms with van der Waals surface area (Å²) in [4.78, 5) is 5.74. The van der Waals surface area contributed by atoms with E-state index >= 15 is 0 Å². The van der Waals surface area contributed by atoms with Gasteiger partial charge in [-0.05, 0) is 67.3 Å². The molecule has 0 fully saturated rings. The van der Waals surface area contributed by atoms with Crippen molar-refractivity contribution >= 4 is 49.5 Å². The van der Waals surface area contributed by atoms with E-state index < -0.39 is 10.0 Å². The van der Waals surface area contributed by atoms with Crippen molar-refractivity contribution in [1.82, 2.24) is 4.98 Å². The third-order valence-corrected chi connectivity index (χ3v) is 8.33. The maximum absolute atomic E-state index is 12.7. The highest BCUT2D eigenvalue weighted by Gasteiger charge is 2.18. The molecule has 5 rings (SSSR count). The molecule has 6 nitrogen and oxygen atoms in total. The molecule has 0 radical (unpaired) electrons. The molecular weight excluding hydrogens is 488 g/mol. The third-order valence-electron chi connectivity index (χ3n) is 5.57. The number of hydrazone groups is 1. The zero-order chi connectivity index (χ0) is 23.7. The van der Waals surface area contributed by atoms with E-state index in [2.05, 4.69) is 38.4 Å². The molecule has 172 valence electrons. The fourth-order valence-corrected chi connectivity index (χ4v) is 5.97. The summed E-state index contributed by atoms with van der Waals surface area (Å²) >= 11 is 7.36. The standard InChI is InChI=1S/C25H21ClN4O2S2/c1-16-24(33-25(27-16)29-28-23-15-8-17-4-2-3-5-22(17)23)18-6-13-21(14-7-18)34(31,32)30-20-11-9-19(26)10-12-20/h2-7,9-14,30H,8,15H2,1H3,(H,27,29)/b28-23-. The van der Waals surface area contributed by atoms with Crippen molar-refractivity contribution in [3.63, 3.8) is 0 Å². The second-order valence-electron chi connectivity index (χ2n) is 7.90. The number of hydrogen-bond acceptors (Lipinski definition) is 6. The number of aryl methyl sites for hydroxylation is 2. The van der Waals surface area contributed by atoms with E-state index in [0.717, 1.165) is 34.7 Å². The van der Waals surface area contributed by atoms with E-state index in [-0.39, 0.29) is 4.90 Å². The highest BCUT2D eigenvalue weighted by Crippen LogP contribution is 2.34. The van der Waals surface area contributed by atoms with Gasteiger partial charge in [-0.2, -0.15) is 5.10 Å². The second-order valence-corrected chi connectivity index (χ2v) is 11.0. The SMILES string of the molecule is Cc1nc(N/N=C2/CCc3ccccc32)sc1-c1ccc(S(=O)(=O)Nc2ccc(Cl)cc2)cc1. The first-order valence-electron chi connectivity index (χ1n) is 10.7. The molecule has 1 aliphatic rings. The Bertz CT molecular complexity index is 1480. The summed E-state index contributed by atoms with van der Waals surface area (Å²) in [7, 11) is -3.71. The minimum absolute atomic E-state index is 0.179. The van der Waals surface area contributed by atoms with E-state index in [0.29, 0.717) is 15.8 Å². The van der Waals surface area contributed by atoms with Crippen LogP contribution >= 0.6 is 22.9 Å². The van der Waals surface area contributed by atoms with Crippen molar-refractivity contribution in [2.75, 3.05) is 10.1 Å². The Labute approximate surface area is 207 Å². The van der Waals surface area contributed by atoms with Gasteiger partial charge in [-0.3, -0.25) is 10.1 Å². The summed E-state index contributed by atoms with van der Waals surface area (Å²) in [5, 5.41) is 5.84. The van der Waals surface area contributed by atoms with Gasteiger partial charge in [0.1, 0.15) is 0 Å². The second kappa shape index (κ2) is 9.21. The fourth-order valence-electron chi connectivity index (χ4n) is 3.87. The normalized spacial score (nSPS) is 14.2. The lowest BCUT2D eigenvalue weighted by Gasteiger charge is -2.09. The number of benzene rings is 3. The molecule has 1 aromatic heterocycles. The first-order chi connectivity index (χ1) is 16.4. The highest BCUT2D eigenvalue weighted by molar-refractivity contribution is 7.92. The number of nitrogens with zero attached hydrogens (tertiary/aromatic N) is 2. The number of halogens is 1. The van der Waals surface area contributed by atoms with E-state index in [1.54, 1.807) is 48.5 Å². The lowest BCUT2D eigenvalue weighted by atomic mass is 10.1. The number of rotatable bonds is 6. The molecule has 0 amide bonds. The Hall–Kier alpha value is -3.20. The Balaban J connectivity index is 1.32. The van der Waals surface area contributed by atoms with E-state index in [4.69, 9.17) is 11.6 Å². The maximum atomic E-state index is 12.7. The van der Waals surface area contributed by atoms with Crippen molar-refractivity contribution < 1.29 is 8.42 Å². The van der Waals surface area contributed by atoms with Crippen LogP contribution in [0.2, 0.25) is 5.02 Å². The van der Waals surface area contributed by atoms with Gasteiger partial charge in [-0.1, -0.05) is 59.3 Å². The predicted octanol–water partition coefficient (Wildman–Crippen LogP) is 6.34. The van der Waals surface area contributed by atoms with Crippen LogP contribution in [-0.2, 0) is 16.4 Å². The van der Waals surface area contributed by atoms with Gasteiger partial charge in [0.25, 0.3) is 10.0 Å². The van der Waals surface area contributed by atoms with Crippen LogP contribution in [0.4, 0.5) is 10.8 Å². The minimum Gasteiger partial charge on any atom is -0.280 e. The monoisotopic (exact) mass is 508 g/mol. The van der Waals surface area contributed by atoms with Gasteiger partial charge in [0.05, 0.1) is 21.2 Å². The summed E-state index contributed by atoms with van der Waals surface area (Å²) in [6, 6.07) is 21.6. The molecule has 2 N–H and O–H groups in total. The number of anilines is 2. The van der Waals surface area contributed by atoms with E-state index in [1.165, 1.54) is 22.5 Å². The first kappa shape index (κ1) is 22.6. The van der Waals surface area contributed by atoms with Gasteiger partial charge in [-0.15, -0.1) is 0 Å². The molecule has 0 atom stereocenters. The zero-order valence-electron chi connectivity index (χ0n) is 18.2. The largest absolute Gasteiger partial charge is 0.280 e. The maximum Gasteiger partial charge on any atom is 0.261 e. The summed E-state index contributed by atoms with van der Waals surface area (Å²) < 4.78 is 28.0. The molecule has 1 aliphatic carbocycles. The molecule has 0 bridgehead atoms. The third kappa shape index (κ3) is 4.70. The zero-order valence-corrected chi connectivity index (χ0v) is 20.6. The van der Waals surface area contributed by atoms with Crippen LogP contribution < -0.4 is 10.1 Å². The van der Waals surface area contributed by atoms with Crippen molar-refractivity contribution in [3.8, 4) is 10.4 Å². The van der Waals surface area contributed by atoms with E-state index in [9.17, 15) is 8.42 Å². The predicted molar refractivity (Wildman–Crippen MR) is 139 cm³/mol. The van der Waals surface area contributed by atoms with Crippen molar-refractivity contribution in [2.45, 2.75) is 24.7 Å². The quantitative estimate of drug-likeness (QED) is 0.298. The molecule has 0 saturated carbocycles. The summed E-state index contributed by atoms with van der Waals surface area (Å²) in [6.07, 6.45) is 1.91. The Kier molecular flexibility index (Phi) is 6.12. The summed E-state index contributed by atoms with van der Waals surface area (Å²) in [5.41, 5.74) is 8.85. The average molecular weight is 509 g/mol. The first-order valence-corrected chi connectivity index (χ1v) is 13.3. The van der Waals surface area contributed by atoms with Crippen LogP contribution in [0, 0.1) is 6.92 Å². The van der Waals surface area contributed by atoms with Crippen molar-refractivity contribution in [1.29, 1.82) is 0 Å². The van der Waals surface area contributed by atoms with Crippen LogP contribution in [0.5, 0.6) is 0 Å². The van der Waals surface area contributed by atoms with Crippen LogP contribution in [-0.4, -0.2) is 19.1 Å². The Morgan fingerprint density at radius 1 is 0.971 bits per heavy atom. The van der Waals surface area contributed by atoms with Gasteiger partial charge >= 0.3 is 0 Å². The Morgan fingerprint density at radius 3 is 2.47 bits per heavy atom. The molecule has 0 aliphatic heterocycles. The van der Waals surface area contributed by atoms with Crippen molar-refractivity contribution in [2.24, 2.45) is 5.10 Å². The van der Waals surface area contributed by atoms with Crippen LogP contribution in [0.3, 0.4) is 0 Å². The number of nitrogens with one attached hydrogen (secondary N) is 2. The number of thiazole rings is 1. The molecule has 9 heteroatoms. The molecule has 3 aromatic carbocycles. The molecule has 4 aromatic rings. The average Bonchev–Trinajstić information content (AvgIpc) is 3.42. The molecular formula is C25H21ClN4O2S2. The van der Waals surface area contributed by atoms with E-state index in [1.807, 2.05) is 13.0 Å². The molecule has 0 saturated heterocycles. The fraction of sp³-hybridized carbons (Fsp3) is 0.120. The van der Waals surface area contributed by atoms with Gasteiger partial charge in [0.2, 0.25) is 5.13 Å². The van der Waals surface area contributed by atoms with Gasteiger partial charge < -0.3 is 0 Å². The molecule has 34 heavy (non-hydrogen) atoms. The molecule has 0 spiro atoms. The van der Waals surface area contributed by atoms with Crippen LogP contribution in [0.25, 0.3) is 10.4 Å². The summed E-state index contributed by atoms with van der Waals surface area (Å²) in [5.74, 6) is 0. The van der Waals surface area contributed by atoms with Gasteiger partial charge in [0, 0.05) is 16.3 Å².